The van der Waals surface area contributed by atoms with E-state index in [0.717, 1.165) is 36.6 Å². The van der Waals surface area contributed by atoms with Gasteiger partial charge in [-0.15, -0.1) is 0 Å². The number of hydrogen-bond donors (Lipinski definition) is 0. The standard InChI is InChI=1S/C29H28Cl2F4N4O2/c1-37(15-18-2-5-22(25(32)12-18)29(33,34)35)26-17-39(16-21(26)19-3-6-23(30)24(31)13-19)28(40)20-4-7-27(36-14-20)38-8-10-41-11-9-38/h2-7,12-14,21,26H,8-11,15-17H2,1H3. The van der Waals surface area contributed by atoms with Crippen molar-refractivity contribution in [2.24, 2.45) is 0 Å². The molecule has 2 aromatic carbocycles. The van der Waals surface area contributed by atoms with Crippen molar-refractivity contribution < 1.29 is 27.1 Å². The van der Waals surface area contributed by atoms with Crippen LogP contribution in [0.4, 0.5) is 23.4 Å². The van der Waals surface area contributed by atoms with E-state index in [4.69, 9.17) is 27.9 Å². The largest absolute Gasteiger partial charge is 0.419 e. The Balaban J connectivity index is 1.37. The zero-order chi connectivity index (χ0) is 29.3. The molecule has 1 aromatic heterocycles. The lowest BCUT2D eigenvalue weighted by Gasteiger charge is -2.29. The van der Waals surface area contributed by atoms with E-state index in [2.05, 4.69) is 9.88 Å². The van der Waals surface area contributed by atoms with Gasteiger partial charge >= 0.3 is 6.18 Å². The van der Waals surface area contributed by atoms with Crippen LogP contribution in [0.25, 0.3) is 0 Å². The summed E-state index contributed by atoms with van der Waals surface area (Å²) in [5.41, 5.74) is 0.399. The van der Waals surface area contributed by atoms with Gasteiger partial charge in [-0.05, 0) is 54.6 Å². The number of likely N-dealkylation sites (tertiary alicyclic amines) is 1. The fourth-order valence-corrected chi connectivity index (χ4v) is 5.74. The van der Waals surface area contributed by atoms with Gasteiger partial charge in [0.15, 0.2) is 0 Å². The van der Waals surface area contributed by atoms with Gasteiger partial charge in [-0.1, -0.05) is 35.3 Å². The normalized spacial score (nSPS) is 19.7. The third kappa shape index (κ3) is 6.61. The Labute approximate surface area is 245 Å². The van der Waals surface area contributed by atoms with Gasteiger partial charge in [-0.3, -0.25) is 9.69 Å². The number of nitrogens with zero attached hydrogens (tertiary/aromatic N) is 4. The average molecular weight is 611 g/mol. The molecule has 0 spiro atoms. The molecule has 5 rings (SSSR count). The average Bonchev–Trinajstić information content (AvgIpc) is 3.40. The van der Waals surface area contributed by atoms with Crippen molar-refractivity contribution in [3.05, 3.63) is 92.8 Å². The maximum absolute atomic E-state index is 14.3. The molecule has 2 unspecified atom stereocenters. The van der Waals surface area contributed by atoms with E-state index in [9.17, 15) is 22.4 Å². The summed E-state index contributed by atoms with van der Waals surface area (Å²) < 4.78 is 58.8. The highest BCUT2D eigenvalue weighted by atomic mass is 35.5. The minimum atomic E-state index is -4.77. The molecule has 1 amide bonds. The van der Waals surface area contributed by atoms with Gasteiger partial charge in [-0.2, -0.15) is 13.2 Å². The summed E-state index contributed by atoms with van der Waals surface area (Å²) in [6, 6.07) is 11.6. The molecule has 2 aliphatic rings. The van der Waals surface area contributed by atoms with E-state index in [1.165, 1.54) is 6.07 Å². The molecule has 0 aliphatic carbocycles. The fourth-order valence-electron chi connectivity index (χ4n) is 5.44. The second-order valence-corrected chi connectivity index (χ2v) is 11.1. The van der Waals surface area contributed by atoms with E-state index in [1.54, 1.807) is 36.3 Å². The summed E-state index contributed by atoms with van der Waals surface area (Å²) >= 11 is 12.5. The number of benzene rings is 2. The molecular weight excluding hydrogens is 583 g/mol. The Bertz CT molecular complexity index is 1400. The first kappa shape index (κ1) is 29.6. The number of amides is 1. The molecule has 218 valence electrons. The highest BCUT2D eigenvalue weighted by Crippen LogP contribution is 2.36. The zero-order valence-electron chi connectivity index (χ0n) is 22.2. The maximum Gasteiger partial charge on any atom is 0.419 e. The van der Waals surface area contributed by atoms with E-state index in [-0.39, 0.29) is 24.4 Å². The summed E-state index contributed by atoms with van der Waals surface area (Å²) in [7, 11) is 1.80. The molecule has 0 radical (unpaired) electrons. The van der Waals surface area contributed by atoms with Crippen LogP contribution < -0.4 is 4.90 Å². The summed E-state index contributed by atoms with van der Waals surface area (Å²) in [5.74, 6) is -0.909. The summed E-state index contributed by atoms with van der Waals surface area (Å²) in [6.45, 7) is 3.60. The molecule has 2 atom stereocenters. The number of likely N-dealkylation sites (N-methyl/N-ethyl adjacent to an activating group) is 1. The topological polar surface area (TPSA) is 48.9 Å². The van der Waals surface area contributed by atoms with Crippen LogP contribution in [0.5, 0.6) is 0 Å². The van der Waals surface area contributed by atoms with Crippen molar-refractivity contribution in [1.82, 2.24) is 14.8 Å². The van der Waals surface area contributed by atoms with Crippen LogP contribution in [0, 0.1) is 5.82 Å². The third-order valence-corrected chi connectivity index (χ3v) is 8.35. The Morgan fingerprint density at radius 3 is 2.44 bits per heavy atom. The molecule has 0 saturated carbocycles. The van der Waals surface area contributed by atoms with Crippen molar-refractivity contribution in [1.29, 1.82) is 0 Å². The number of morpholine rings is 1. The lowest BCUT2D eigenvalue weighted by molar-refractivity contribution is -0.140. The molecule has 6 nitrogen and oxygen atoms in total. The van der Waals surface area contributed by atoms with Crippen molar-refractivity contribution in [2.45, 2.75) is 24.7 Å². The number of hydrogen-bond acceptors (Lipinski definition) is 5. The molecular formula is C29H28Cl2F4N4O2. The Kier molecular flexibility index (Phi) is 8.75. The lowest BCUT2D eigenvalue weighted by Crippen LogP contribution is -2.38. The zero-order valence-corrected chi connectivity index (χ0v) is 23.7. The second kappa shape index (κ2) is 12.1. The quantitative estimate of drug-likeness (QED) is 0.315. The third-order valence-electron chi connectivity index (χ3n) is 7.61. The van der Waals surface area contributed by atoms with Crippen LogP contribution in [0.1, 0.15) is 33.0 Å². The van der Waals surface area contributed by atoms with Gasteiger partial charge in [0.05, 0.1) is 34.4 Å². The molecule has 3 aromatic rings. The number of alkyl halides is 3. The van der Waals surface area contributed by atoms with Crippen LogP contribution in [0.3, 0.4) is 0 Å². The van der Waals surface area contributed by atoms with Crippen LogP contribution in [0.15, 0.2) is 54.7 Å². The van der Waals surface area contributed by atoms with Crippen LogP contribution in [-0.2, 0) is 17.5 Å². The highest BCUT2D eigenvalue weighted by molar-refractivity contribution is 6.42. The van der Waals surface area contributed by atoms with Gasteiger partial charge in [0.25, 0.3) is 5.91 Å². The first-order valence-corrected chi connectivity index (χ1v) is 13.9. The predicted molar refractivity (Wildman–Crippen MR) is 149 cm³/mol. The van der Waals surface area contributed by atoms with Gasteiger partial charge < -0.3 is 14.5 Å². The number of carbonyl (C=O) groups is 1. The Morgan fingerprint density at radius 2 is 1.80 bits per heavy atom. The number of anilines is 1. The van der Waals surface area contributed by atoms with E-state index >= 15 is 0 Å². The number of carbonyl (C=O) groups excluding carboxylic acids is 1. The SMILES string of the molecule is CN(Cc1ccc(C(F)(F)F)c(F)c1)C1CN(C(=O)c2ccc(N3CCOCC3)nc2)CC1c1ccc(Cl)c(Cl)c1. The number of ether oxygens (including phenoxy) is 1. The fraction of sp³-hybridized carbons (Fsp3) is 0.379. The lowest BCUT2D eigenvalue weighted by atomic mass is 9.93. The smallest absolute Gasteiger partial charge is 0.378 e. The summed E-state index contributed by atoms with van der Waals surface area (Å²) in [4.78, 5) is 23.8. The van der Waals surface area contributed by atoms with E-state index in [0.29, 0.717) is 47.5 Å². The minimum absolute atomic E-state index is 0.176. The van der Waals surface area contributed by atoms with E-state index < -0.39 is 17.6 Å². The molecule has 3 heterocycles. The first-order valence-electron chi connectivity index (χ1n) is 13.1. The molecule has 0 bridgehead atoms. The van der Waals surface area contributed by atoms with Crippen LogP contribution in [-0.4, -0.2) is 73.2 Å². The number of halogens is 6. The highest BCUT2D eigenvalue weighted by Gasteiger charge is 2.39. The summed E-state index contributed by atoms with van der Waals surface area (Å²) in [5, 5.41) is 0.779. The van der Waals surface area contributed by atoms with Crippen molar-refractivity contribution in [2.75, 3.05) is 51.3 Å². The minimum Gasteiger partial charge on any atom is -0.378 e. The van der Waals surface area contributed by atoms with Gasteiger partial charge in [-0.25, -0.2) is 9.37 Å². The monoisotopic (exact) mass is 610 g/mol. The van der Waals surface area contributed by atoms with Gasteiger partial charge in [0, 0.05) is 50.9 Å². The maximum atomic E-state index is 14.3. The second-order valence-electron chi connectivity index (χ2n) is 10.3. The number of rotatable bonds is 6. The van der Waals surface area contributed by atoms with Gasteiger partial charge in [0.1, 0.15) is 11.6 Å². The summed E-state index contributed by atoms with van der Waals surface area (Å²) in [6.07, 6.45) is -3.20. The number of pyridine rings is 1. The first-order chi connectivity index (χ1) is 19.5. The Hall–Kier alpha value is -2.92. The molecule has 2 aliphatic heterocycles. The van der Waals surface area contributed by atoms with Crippen LogP contribution >= 0.6 is 23.2 Å². The molecule has 41 heavy (non-hydrogen) atoms. The predicted octanol–water partition coefficient (Wildman–Crippen LogP) is 6.12. The molecule has 2 saturated heterocycles. The molecule has 2 fully saturated rings. The molecule has 0 N–H and O–H groups in total. The number of aromatic nitrogens is 1. The van der Waals surface area contributed by atoms with E-state index in [1.807, 2.05) is 17.0 Å². The van der Waals surface area contributed by atoms with Crippen molar-refractivity contribution in [3.63, 3.8) is 0 Å². The molecule has 12 heteroatoms. The van der Waals surface area contributed by atoms with Crippen molar-refractivity contribution >= 4 is 34.9 Å². The Morgan fingerprint density at radius 1 is 1.05 bits per heavy atom. The van der Waals surface area contributed by atoms with Crippen molar-refractivity contribution in [3.8, 4) is 0 Å². The van der Waals surface area contributed by atoms with Crippen LogP contribution in [0.2, 0.25) is 10.0 Å². The van der Waals surface area contributed by atoms with Gasteiger partial charge in [0.2, 0.25) is 0 Å².